The zero-order valence-electron chi connectivity index (χ0n) is 9.26. The van der Waals surface area contributed by atoms with Gasteiger partial charge in [0.05, 0.1) is 5.56 Å². The van der Waals surface area contributed by atoms with Gasteiger partial charge in [-0.1, -0.05) is 18.2 Å². The third kappa shape index (κ3) is 4.48. The van der Waals surface area contributed by atoms with Gasteiger partial charge in [0.1, 0.15) is 12.4 Å². The summed E-state index contributed by atoms with van der Waals surface area (Å²) in [4.78, 5) is 0. The lowest BCUT2D eigenvalue weighted by Gasteiger charge is -2.13. The molecule has 0 bridgehead atoms. The Balaban J connectivity index is 2.56. The maximum Gasteiger partial charge on any atom is 0.419 e. The second kappa shape index (κ2) is 6.30. The summed E-state index contributed by atoms with van der Waals surface area (Å²) in [7, 11) is 0. The molecule has 0 radical (unpaired) electrons. The summed E-state index contributed by atoms with van der Waals surface area (Å²) in [5.41, 5.74) is -0.747. The average molecular weight is 245 g/mol. The van der Waals surface area contributed by atoms with E-state index in [1.54, 1.807) is 6.08 Å². The summed E-state index contributed by atoms with van der Waals surface area (Å²) in [6.45, 7) is 4.76. The lowest BCUT2D eigenvalue weighted by atomic mass is 10.2. The van der Waals surface area contributed by atoms with Crippen LogP contribution in [0.2, 0.25) is 0 Å². The van der Waals surface area contributed by atoms with Crippen molar-refractivity contribution in [3.05, 3.63) is 42.5 Å². The topological polar surface area (TPSA) is 21.3 Å². The quantitative estimate of drug-likeness (QED) is 0.614. The highest BCUT2D eigenvalue weighted by Crippen LogP contribution is 2.35. The fourth-order valence-electron chi connectivity index (χ4n) is 1.26. The molecule has 2 nitrogen and oxygen atoms in total. The number of para-hydroxylation sites is 1. The van der Waals surface area contributed by atoms with E-state index in [0.29, 0.717) is 13.1 Å². The molecule has 0 aliphatic rings. The Morgan fingerprint density at radius 1 is 1.29 bits per heavy atom. The Labute approximate surface area is 98.1 Å². The van der Waals surface area contributed by atoms with Gasteiger partial charge in [-0.05, 0) is 12.1 Å². The zero-order valence-corrected chi connectivity index (χ0v) is 9.26. The minimum Gasteiger partial charge on any atom is -0.492 e. The van der Waals surface area contributed by atoms with Crippen LogP contribution in [0.4, 0.5) is 13.2 Å². The molecule has 0 atom stereocenters. The fourth-order valence-corrected chi connectivity index (χ4v) is 1.26. The van der Waals surface area contributed by atoms with Crippen molar-refractivity contribution < 1.29 is 17.9 Å². The molecule has 94 valence electrons. The van der Waals surface area contributed by atoms with Gasteiger partial charge in [-0.2, -0.15) is 13.2 Å². The average Bonchev–Trinajstić information content (AvgIpc) is 2.28. The van der Waals surface area contributed by atoms with Crippen LogP contribution in [0, 0.1) is 0 Å². The van der Waals surface area contributed by atoms with Gasteiger partial charge in [-0.25, -0.2) is 0 Å². The number of hydrogen-bond acceptors (Lipinski definition) is 2. The highest BCUT2D eigenvalue weighted by atomic mass is 19.4. The molecule has 0 saturated carbocycles. The molecular formula is C12H14F3NO. The summed E-state index contributed by atoms with van der Waals surface area (Å²) >= 11 is 0. The first kappa shape index (κ1) is 13.6. The maximum atomic E-state index is 12.6. The minimum absolute atomic E-state index is 0.139. The van der Waals surface area contributed by atoms with Crippen LogP contribution in [0.25, 0.3) is 0 Å². The Bertz CT molecular complexity index is 363. The minimum atomic E-state index is -4.38. The lowest BCUT2D eigenvalue weighted by Crippen LogP contribution is -2.21. The van der Waals surface area contributed by atoms with Gasteiger partial charge in [0, 0.05) is 13.1 Å². The molecule has 1 rings (SSSR count). The SMILES string of the molecule is C=CCNCCOc1ccccc1C(F)(F)F. The van der Waals surface area contributed by atoms with Crippen molar-refractivity contribution in [2.75, 3.05) is 19.7 Å². The van der Waals surface area contributed by atoms with Gasteiger partial charge in [-0.15, -0.1) is 6.58 Å². The molecule has 0 aromatic heterocycles. The van der Waals surface area contributed by atoms with E-state index in [2.05, 4.69) is 11.9 Å². The molecule has 1 aromatic carbocycles. The van der Waals surface area contributed by atoms with Gasteiger partial charge in [0.25, 0.3) is 0 Å². The van der Waals surface area contributed by atoms with Gasteiger partial charge >= 0.3 is 6.18 Å². The van der Waals surface area contributed by atoms with E-state index in [1.165, 1.54) is 18.2 Å². The maximum absolute atomic E-state index is 12.6. The van der Waals surface area contributed by atoms with E-state index in [1.807, 2.05) is 0 Å². The number of benzene rings is 1. The molecule has 0 heterocycles. The third-order valence-corrected chi connectivity index (χ3v) is 2.02. The summed E-state index contributed by atoms with van der Waals surface area (Å²) in [5.74, 6) is -0.139. The first-order chi connectivity index (χ1) is 8.05. The highest BCUT2D eigenvalue weighted by molar-refractivity contribution is 5.35. The summed E-state index contributed by atoms with van der Waals surface area (Å²) in [6, 6.07) is 5.18. The van der Waals surface area contributed by atoms with Gasteiger partial charge in [-0.3, -0.25) is 0 Å². The van der Waals surface area contributed by atoms with Crippen molar-refractivity contribution in [2.45, 2.75) is 6.18 Å². The Morgan fingerprint density at radius 3 is 2.65 bits per heavy atom. The van der Waals surface area contributed by atoms with Crippen LogP contribution in [0.15, 0.2) is 36.9 Å². The van der Waals surface area contributed by atoms with E-state index in [4.69, 9.17) is 4.74 Å². The smallest absolute Gasteiger partial charge is 0.419 e. The van der Waals surface area contributed by atoms with Crippen LogP contribution < -0.4 is 10.1 Å². The molecule has 0 unspecified atom stereocenters. The van der Waals surface area contributed by atoms with Gasteiger partial charge < -0.3 is 10.1 Å². The number of ether oxygens (including phenoxy) is 1. The molecule has 0 fully saturated rings. The zero-order chi connectivity index (χ0) is 12.7. The van der Waals surface area contributed by atoms with Crippen molar-refractivity contribution in [2.24, 2.45) is 0 Å². The van der Waals surface area contributed by atoms with Crippen LogP contribution in [-0.4, -0.2) is 19.7 Å². The van der Waals surface area contributed by atoms with Crippen molar-refractivity contribution in [1.82, 2.24) is 5.32 Å². The van der Waals surface area contributed by atoms with E-state index in [0.717, 1.165) is 6.07 Å². The van der Waals surface area contributed by atoms with Gasteiger partial charge in [0.2, 0.25) is 0 Å². The normalized spacial score (nSPS) is 11.2. The van der Waals surface area contributed by atoms with E-state index >= 15 is 0 Å². The second-order valence-corrected chi connectivity index (χ2v) is 3.34. The molecule has 0 spiro atoms. The molecular weight excluding hydrogens is 231 g/mol. The molecule has 0 amide bonds. The number of nitrogens with one attached hydrogen (secondary N) is 1. The number of hydrogen-bond donors (Lipinski definition) is 1. The van der Waals surface area contributed by atoms with Crippen molar-refractivity contribution in [1.29, 1.82) is 0 Å². The number of halogens is 3. The first-order valence-corrected chi connectivity index (χ1v) is 5.16. The monoisotopic (exact) mass is 245 g/mol. The second-order valence-electron chi connectivity index (χ2n) is 3.34. The van der Waals surface area contributed by atoms with Crippen molar-refractivity contribution in [3.8, 4) is 5.75 Å². The molecule has 5 heteroatoms. The largest absolute Gasteiger partial charge is 0.492 e. The van der Waals surface area contributed by atoms with Crippen LogP contribution in [-0.2, 0) is 6.18 Å². The summed E-state index contributed by atoms with van der Waals surface area (Å²) in [5, 5.41) is 2.94. The van der Waals surface area contributed by atoms with Crippen molar-refractivity contribution >= 4 is 0 Å². The van der Waals surface area contributed by atoms with Crippen LogP contribution >= 0.6 is 0 Å². The van der Waals surface area contributed by atoms with E-state index < -0.39 is 11.7 Å². The Kier molecular flexibility index (Phi) is 5.03. The van der Waals surface area contributed by atoms with Crippen LogP contribution in [0.1, 0.15) is 5.56 Å². The predicted octanol–water partition coefficient (Wildman–Crippen LogP) is 2.86. The lowest BCUT2D eigenvalue weighted by molar-refractivity contribution is -0.138. The first-order valence-electron chi connectivity index (χ1n) is 5.16. The highest BCUT2D eigenvalue weighted by Gasteiger charge is 2.33. The third-order valence-electron chi connectivity index (χ3n) is 2.02. The fraction of sp³-hybridized carbons (Fsp3) is 0.333. The van der Waals surface area contributed by atoms with E-state index in [-0.39, 0.29) is 12.4 Å². The Morgan fingerprint density at radius 2 is 2.00 bits per heavy atom. The summed E-state index contributed by atoms with van der Waals surface area (Å²) < 4.78 is 42.8. The van der Waals surface area contributed by atoms with E-state index in [9.17, 15) is 13.2 Å². The van der Waals surface area contributed by atoms with Crippen LogP contribution in [0.5, 0.6) is 5.75 Å². The van der Waals surface area contributed by atoms with Gasteiger partial charge in [0.15, 0.2) is 0 Å². The van der Waals surface area contributed by atoms with Crippen LogP contribution in [0.3, 0.4) is 0 Å². The molecule has 0 saturated heterocycles. The molecule has 0 aliphatic heterocycles. The standard InChI is InChI=1S/C12H14F3NO/c1-2-7-16-8-9-17-11-6-4-3-5-10(11)12(13,14)15/h2-6,16H,1,7-9H2. The number of rotatable bonds is 6. The summed E-state index contributed by atoms with van der Waals surface area (Å²) in [6.07, 6.45) is -2.71. The molecule has 1 N–H and O–H groups in total. The predicted molar refractivity (Wildman–Crippen MR) is 60.0 cm³/mol. The van der Waals surface area contributed by atoms with Crippen molar-refractivity contribution in [3.63, 3.8) is 0 Å². The Hall–Kier alpha value is -1.49. The molecule has 17 heavy (non-hydrogen) atoms. The number of alkyl halides is 3. The molecule has 1 aromatic rings. The molecule has 0 aliphatic carbocycles.